The monoisotopic (exact) mass is 252 g/mol. The van der Waals surface area contributed by atoms with Crippen molar-refractivity contribution in [2.24, 2.45) is 0 Å². The number of rotatable bonds is 10. The molecule has 0 amide bonds. The Bertz CT molecular complexity index is 309. The second-order valence-corrected chi connectivity index (χ2v) is 5.11. The van der Waals surface area contributed by atoms with Gasteiger partial charge in [0.05, 0.1) is 12.3 Å². The lowest BCUT2D eigenvalue weighted by Gasteiger charge is -2.07. The van der Waals surface area contributed by atoms with E-state index in [1.54, 1.807) is 6.20 Å². The number of aryl methyl sites for hydroxylation is 1. The molecule has 1 rings (SSSR count). The van der Waals surface area contributed by atoms with Gasteiger partial charge in [-0.1, -0.05) is 52.4 Å². The Morgan fingerprint density at radius 2 is 1.83 bits per heavy atom. The molecule has 18 heavy (non-hydrogen) atoms. The van der Waals surface area contributed by atoms with Gasteiger partial charge in [0.15, 0.2) is 0 Å². The smallest absolute Gasteiger partial charge is 0.0820 e. The molecular formula is C15H28N2O. The highest BCUT2D eigenvalue weighted by Gasteiger charge is 2.09. The van der Waals surface area contributed by atoms with Crippen molar-refractivity contribution in [3.8, 4) is 0 Å². The van der Waals surface area contributed by atoms with Crippen molar-refractivity contribution in [1.29, 1.82) is 0 Å². The summed E-state index contributed by atoms with van der Waals surface area (Å²) in [6.07, 6.45) is 13.0. The molecule has 0 aliphatic rings. The maximum Gasteiger partial charge on any atom is 0.0820 e. The van der Waals surface area contributed by atoms with Gasteiger partial charge in [0, 0.05) is 18.3 Å². The molecule has 0 aliphatic carbocycles. The van der Waals surface area contributed by atoms with Crippen molar-refractivity contribution in [3.63, 3.8) is 0 Å². The molecule has 0 saturated heterocycles. The van der Waals surface area contributed by atoms with Gasteiger partial charge >= 0.3 is 0 Å². The average Bonchev–Trinajstić information content (AvgIpc) is 2.82. The molecule has 3 nitrogen and oxygen atoms in total. The van der Waals surface area contributed by atoms with Crippen molar-refractivity contribution >= 4 is 0 Å². The van der Waals surface area contributed by atoms with Crippen LogP contribution in [0.5, 0.6) is 0 Å². The van der Waals surface area contributed by atoms with E-state index in [4.69, 9.17) is 0 Å². The minimum absolute atomic E-state index is 0.332. The number of aromatic nitrogens is 2. The Balaban J connectivity index is 2.17. The summed E-state index contributed by atoms with van der Waals surface area (Å²) < 4.78 is 1.92. The molecular weight excluding hydrogens is 224 g/mol. The SMILES string of the molecule is CCCCCCCCC(O)c1cnn(CCC)c1. The molecule has 3 heteroatoms. The Morgan fingerprint density at radius 3 is 2.56 bits per heavy atom. The highest BCUT2D eigenvalue weighted by molar-refractivity contribution is 5.07. The summed E-state index contributed by atoms with van der Waals surface area (Å²) in [6, 6.07) is 0. The van der Waals surface area contributed by atoms with E-state index in [1.807, 2.05) is 10.9 Å². The van der Waals surface area contributed by atoms with Gasteiger partial charge in [-0.2, -0.15) is 5.10 Å². The molecule has 0 fully saturated rings. The molecule has 0 radical (unpaired) electrons. The third-order valence-electron chi connectivity index (χ3n) is 3.32. The molecule has 1 N–H and O–H groups in total. The molecule has 104 valence electrons. The van der Waals surface area contributed by atoms with Gasteiger partial charge in [0.1, 0.15) is 0 Å². The molecule has 1 aromatic rings. The first-order valence-electron chi connectivity index (χ1n) is 7.48. The molecule has 0 bridgehead atoms. The van der Waals surface area contributed by atoms with Crippen molar-refractivity contribution in [1.82, 2.24) is 9.78 Å². The molecule has 1 heterocycles. The summed E-state index contributed by atoms with van der Waals surface area (Å²) >= 11 is 0. The summed E-state index contributed by atoms with van der Waals surface area (Å²) in [5, 5.41) is 14.3. The normalized spacial score (nSPS) is 12.8. The number of aliphatic hydroxyl groups is 1. The Labute approximate surface area is 111 Å². The van der Waals surface area contributed by atoms with Crippen LogP contribution in [0.15, 0.2) is 12.4 Å². The third kappa shape index (κ3) is 5.67. The molecule has 1 unspecified atom stereocenters. The van der Waals surface area contributed by atoms with E-state index in [0.29, 0.717) is 0 Å². The van der Waals surface area contributed by atoms with Crippen LogP contribution in [0.3, 0.4) is 0 Å². The predicted octanol–water partition coefficient (Wildman–Crippen LogP) is 4.08. The fourth-order valence-corrected chi connectivity index (χ4v) is 2.19. The topological polar surface area (TPSA) is 38.1 Å². The van der Waals surface area contributed by atoms with E-state index < -0.39 is 0 Å². The fourth-order valence-electron chi connectivity index (χ4n) is 2.19. The van der Waals surface area contributed by atoms with Crippen LogP contribution in [0.25, 0.3) is 0 Å². The van der Waals surface area contributed by atoms with Gasteiger partial charge < -0.3 is 5.11 Å². The number of hydrogen-bond acceptors (Lipinski definition) is 2. The second-order valence-electron chi connectivity index (χ2n) is 5.11. The fraction of sp³-hybridized carbons (Fsp3) is 0.800. The second kappa shape index (κ2) is 9.15. The van der Waals surface area contributed by atoms with Gasteiger partial charge in [0.25, 0.3) is 0 Å². The average molecular weight is 252 g/mol. The van der Waals surface area contributed by atoms with Crippen LogP contribution in [0.2, 0.25) is 0 Å². The molecule has 0 aromatic carbocycles. The largest absolute Gasteiger partial charge is 0.388 e. The third-order valence-corrected chi connectivity index (χ3v) is 3.32. The zero-order valence-electron chi connectivity index (χ0n) is 11.9. The molecule has 1 aromatic heterocycles. The van der Waals surface area contributed by atoms with E-state index >= 15 is 0 Å². The molecule has 0 spiro atoms. The van der Waals surface area contributed by atoms with E-state index in [1.165, 1.54) is 32.1 Å². The minimum Gasteiger partial charge on any atom is -0.388 e. The van der Waals surface area contributed by atoms with Crippen LogP contribution in [-0.2, 0) is 6.54 Å². The first-order valence-corrected chi connectivity index (χ1v) is 7.48. The lowest BCUT2D eigenvalue weighted by molar-refractivity contribution is 0.163. The van der Waals surface area contributed by atoms with Crippen LogP contribution in [-0.4, -0.2) is 14.9 Å². The van der Waals surface area contributed by atoms with E-state index in [0.717, 1.165) is 31.4 Å². The summed E-state index contributed by atoms with van der Waals surface area (Å²) in [5.41, 5.74) is 0.969. The quantitative estimate of drug-likeness (QED) is 0.637. The summed E-state index contributed by atoms with van der Waals surface area (Å²) in [4.78, 5) is 0. The van der Waals surface area contributed by atoms with Crippen molar-refractivity contribution in [3.05, 3.63) is 18.0 Å². The van der Waals surface area contributed by atoms with Crippen LogP contribution >= 0.6 is 0 Å². The lowest BCUT2D eigenvalue weighted by atomic mass is 10.0. The Hall–Kier alpha value is -0.830. The summed E-state index contributed by atoms with van der Waals surface area (Å²) in [6.45, 7) is 5.30. The number of aliphatic hydroxyl groups excluding tert-OH is 1. The van der Waals surface area contributed by atoms with Crippen molar-refractivity contribution in [2.45, 2.75) is 77.9 Å². The van der Waals surface area contributed by atoms with Gasteiger partial charge in [-0.15, -0.1) is 0 Å². The zero-order valence-corrected chi connectivity index (χ0v) is 11.9. The Kier molecular flexibility index (Phi) is 7.74. The van der Waals surface area contributed by atoms with Gasteiger partial charge in [0.2, 0.25) is 0 Å². The molecule has 0 aliphatic heterocycles. The first-order chi connectivity index (χ1) is 8.77. The minimum atomic E-state index is -0.332. The van der Waals surface area contributed by atoms with Crippen LogP contribution in [0.4, 0.5) is 0 Å². The number of unbranched alkanes of at least 4 members (excludes halogenated alkanes) is 5. The summed E-state index contributed by atoms with van der Waals surface area (Å²) in [7, 11) is 0. The molecule has 0 saturated carbocycles. The van der Waals surface area contributed by atoms with Gasteiger partial charge in [-0.05, 0) is 12.8 Å². The van der Waals surface area contributed by atoms with Crippen LogP contribution < -0.4 is 0 Å². The standard InChI is InChI=1S/C15H28N2O/c1-3-5-6-7-8-9-10-15(18)14-12-16-17(13-14)11-4-2/h12-13,15,18H,3-11H2,1-2H3. The van der Waals surface area contributed by atoms with Crippen LogP contribution in [0.1, 0.15) is 76.9 Å². The van der Waals surface area contributed by atoms with Crippen molar-refractivity contribution < 1.29 is 5.11 Å². The predicted molar refractivity (Wildman–Crippen MR) is 75.5 cm³/mol. The Morgan fingerprint density at radius 1 is 1.11 bits per heavy atom. The van der Waals surface area contributed by atoms with E-state index in [2.05, 4.69) is 18.9 Å². The van der Waals surface area contributed by atoms with Crippen molar-refractivity contribution in [2.75, 3.05) is 0 Å². The summed E-state index contributed by atoms with van der Waals surface area (Å²) in [5.74, 6) is 0. The lowest BCUT2D eigenvalue weighted by Crippen LogP contribution is -1.98. The van der Waals surface area contributed by atoms with Gasteiger partial charge in [-0.25, -0.2) is 0 Å². The molecule has 1 atom stereocenters. The van der Waals surface area contributed by atoms with Gasteiger partial charge in [-0.3, -0.25) is 4.68 Å². The highest BCUT2D eigenvalue weighted by Crippen LogP contribution is 2.19. The van der Waals surface area contributed by atoms with Crippen LogP contribution in [0, 0.1) is 0 Å². The van der Waals surface area contributed by atoms with E-state index in [9.17, 15) is 5.11 Å². The maximum atomic E-state index is 10.1. The number of hydrogen-bond donors (Lipinski definition) is 1. The first kappa shape index (κ1) is 15.2. The zero-order chi connectivity index (χ0) is 13.2. The highest BCUT2D eigenvalue weighted by atomic mass is 16.3. The number of nitrogens with zero attached hydrogens (tertiary/aromatic N) is 2. The maximum absolute atomic E-state index is 10.1. The van der Waals surface area contributed by atoms with E-state index in [-0.39, 0.29) is 6.10 Å².